The van der Waals surface area contributed by atoms with Crippen LogP contribution in [0.5, 0.6) is 0 Å². The van der Waals surface area contributed by atoms with Crippen molar-refractivity contribution < 1.29 is 14.3 Å². The van der Waals surface area contributed by atoms with Crippen LogP contribution >= 0.6 is 0 Å². The minimum Gasteiger partial charge on any atom is -0.468 e. The maximum absolute atomic E-state index is 11.9. The molecule has 0 aliphatic carbocycles. The van der Waals surface area contributed by atoms with Gasteiger partial charge >= 0.3 is 5.97 Å². The number of esters is 1. The Kier molecular flexibility index (Phi) is 5.99. The molecule has 0 radical (unpaired) electrons. The molecule has 19 heavy (non-hydrogen) atoms. The fraction of sp³-hybridized carbons (Fsp3) is 0.500. The van der Waals surface area contributed by atoms with Crippen LogP contribution in [0, 0.1) is 11.8 Å². The standard InChI is InChI=1S/C14H20N2O3/c1-10(2)12(14(18)19-3)13(17)16-8-6-11-5-4-7-15-9-11/h4-5,7,9-10,12H,6,8H2,1-3H3,(H,16,17). The van der Waals surface area contributed by atoms with Gasteiger partial charge in [-0.15, -0.1) is 0 Å². The molecule has 0 spiro atoms. The summed E-state index contributed by atoms with van der Waals surface area (Å²) in [6.07, 6.45) is 4.14. The Morgan fingerprint density at radius 2 is 2.16 bits per heavy atom. The van der Waals surface area contributed by atoms with Crippen molar-refractivity contribution >= 4 is 11.9 Å². The zero-order valence-electron chi connectivity index (χ0n) is 11.6. The molecule has 1 amide bonds. The lowest BCUT2D eigenvalue weighted by atomic mass is 9.95. The van der Waals surface area contributed by atoms with E-state index in [4.69, 9.17) is 0 Å². The van der Waals surface area contributed by atoms with E-state index in [1.165, 1.54) is 7.11 Å². The molecule has 1 unspecified atom stereocenters. The highest BCUT2D eigenvalue weighted by atomic mass is 16.5. The number of ether oxygens (including phenoxy) is 1. The van der Waals surface area contributed by atoms with E-state index in [0.717, 1.165) is 5.56 Å². The number of nitrogens with one attached hydrogen (secondary N) is 1. The van der Waals surface area contributed by atoms with Crippen LogP contribution in [0.15, 0.2) is 24.5 Å². The molecule has 1 N–H and O–H groups in total. The van der Waals surface area contributed by atoms with Gasteiger partial charge in [0.2, 0.25) is 5.91 Å². The third-order valence-corrected chi connectivity index (χ3v) is 2.84. The van der Waals surface area contributed by atoms with Crippen molar-refractivity contribution in [2.24, 2.45) is 11.8 Å². The zero-order valence-corrected chi connectivity index (χ0v) is 11.6. The average Bonchev–Trinajstić information content (AvgIpc) is 2.39. The third kappa shape index (κ3) is 4.69. The Bertz CT molecular complexity index is 418. The zero-order chi connectivity index (χ0) is 14.3. The van der Waals surface area contributed by atoms with Crippen LogP contribution in [0.2, 0.25) is 0 Å². The van der Waals surface area contributed by atoms with Gasteiger partial charge in [-0.3, -0.25) is 14.6 Å². The first-order valence-corrected chi connectivity index (χ1v) is 6.30. The normalized spacial score (nSPS) is 12.0. The van der Waals surface area contributed by atoms with Crippen LogP contribution in [-0.2, 0) is 20.7 Å². The van der Waals surface area contributed by atoms with Gasteiger partial charge in [0, 0.05) is 18.9 Å². The van der Waals surface area contributed by atoms with Gasteiger partial charge < -0.3 is 10.1 Å². The second-order valence-electron chi connectivity index (χ2n) is 4.65. The number of nitrogens with zero attached hydrogens (tertiary/aromatic N) is 1. The first-order chi connectivity index (χ1) is 9.06. The van der Waals surface area contributed by atoms with Crippen LogP contribution in [0.25, 0.3) is 0 Å². The lowest BCUT2D eigenvalue weighted by Crippen LogP contribution is -2.39. The van der Waals surface area contributed by atoms with Crippen molar-refractivity contribution in [3.63, 3.8) is 0 Å². The summed E-state index contributed by atoms with van der Waals surface area (Å²) in [7, 11) is 1.29. The van der Waals surface area contributed by atoms with Crippen molar-refractivity contribution in [2.75, 3.05) is 13.7 Å². The number of aromatic nitrogens is 1. The number of rotatable bonds is 6. The maximum atomic E-state index is 11.9. The SMILES string of the molecule is COC(=O)C(C(=O)NCCc1cccnc1)C(C)C. The molecule has 0 aliphatic rings. The molecule has 104 valence electrons. The van der Waals surface area contributed by atoms with Crippen molar-refractivity contribution in [2.45, 2.75) is 20.3 Å². The Balaban J connectivity index is 2.47. The summed E-state index contributed by atoms with van der Waals surface area (Å²) in [5.41, 5.74) is 1.04. The monoisotopic (exact) mass is 264 g/mol. The summed E-state index contributed by atoms with van der Waals surface area (Å²) in [5, 5.41) is 2.76. The van der Waals surface area contributed by atoms with Gasteiger partial charge in [-0.25, -0.2) is 0 Å². The molecule has 5 nitrogen and oxygen atoms in total. The van der Waals surface area contributed by atoms with Crippen LogP contribution in [0.4, 0.5) is 0 Å². The summed E-state index contributed by atoms with van der Waals surface area (Å²) in [4.78, 5) is 27.5. The number of hydrogen-bond donors (Lipinski definition) is 1. The molecule has 0 saturated heterocycles. The van der Waals surface area contributed by atoms with E-state index in [2.05, 4.69) is 15.0 Å². The molecular weight excluding hydrogens is 244 g/mol. The summed E-state index contributed by atoms with van der Waals surface area (Å²) in [6.45, 7) is 4.12. The molecule has 0 fully saturated rings. The summed E-state index contributed by atoms with van der Waals surface area (Å²) < 4.78 is 4.65. The topological polar surface area (TPSA) is 68.3 Å². The second-order valence-corrected chi connectivity index (χ2v) is 4.65. The minimum atomic E-state index is -0.751. The molecule has 0 aromatic carbocycles. The van der Waals surface area contributed by atoms with E-state index >= 15 is 0 Å². The van der Waals surface area contributed by atoms with Crippen LogP contribution in [0.1, 0.15) is 19.4 Å². The van der Waals surface area contributed by atoms with E-state index < -0.39 is 11.9 Å². The van der Waals surface area contributed by atoms with E-state index in [9.17, 15) is 9.59 Å². The number of carbonyl (C=O) groups is 2. The second kappa shape index (κ2) is 7.51. The largest absolute Gasteiger partial charge is 0.468 e. The highest BCUT2D eigenvalue weighted by Gasteiger charge is 2.30. The third-order valence-electron chi connectivity index (χ3n) is 2.84. The Morgan fingerprint density at radius 1 is 1.42 bits per heavy atom. The number of amides is 1. The van der Waals surface area contributed by atoms with Gasteiger partial charge in [-0.2, -0.15) is 0 Å². The van der Waals surface area contributed by atoms with Crippen molar-refractivity contribution in [3.05, 3.63) is 30.1 Å². The van der Waals surface area contributed by atoms with Gasteiger partial charge in [0.1, 0.15) is 5.92 Å². The van der Waals surface area contributed by atoms with Gasteiger partial charge in [-0.05, 0) is 24.0 Å². The number of methoxy groups -OCH3 is 1. The van der Waals surface area contributed by atoms with Crippen LogP contribution in [-0.4, -0.2) is 30.5 Å². The summed E-state index contributed by atoms with van der Waals surface area (Å²) in [5.74, 6) is -1.62. The fourth-order valence-electron chi connectivity index (χ4n) is 1.79. The quantitative estimate of drug-likeness (QED) is 0.619. The lowest BCUT2D eigenvalue weighted by Gasteiger charge is -2.17. The van der Waals surface area contributed by atoms with Crippen LogP contribution < -0.4 is 5.32 Å². The maximum Gasteiger partial charge on any atom is 0.318 e. The smallest absolute Gasteiger partial charge is 0.318 e. The lowest BCUT2D eigenvalue weighted by molar-refractivity contribution is -0.151. The molecule has 0 bridgehead atoms. The first kappa shape index (κ1) is 15.1. The number of pyridine rings is 1. The molecule has 0 aliphatic heterocycles. The van der Waals surface area contributed by atoms with E-state index in [1.807, 2.05) is 26.0 Å². The Hall–Kier alpha value is -1.91. The van der Waals surface area contributed by atoms with Gasteiger partial charge in [0.05, 0.1) is 7.11 Å². The van der Waals surface area contributed by atoms with Gasteiger partial charge in [0.25, 0.3) is 0 Å². The number of hydrogen-bond acceptors (Lipinski definition) is 4. The van der Waals surface area contributed by atoms with Crippen LogP contribution in [0.3, 0.4) is 0 Å². The van der Waals surface area contributed by atoms with Crippen molar-refractivity contribution in [3.8, 4) is 0 Å². The van der Waals surface area contributed by atoms with Gasteiger partial charge in [-0.1, -0.05) is 19.9 Å². The van der Waals surface area contributed by atoms with Crippen molar-refractivity contribution in [1.29, 1.82) is 0 Å². The summed E-state index contributed by atoms with van der Waals surface area (Å²) in [6, 6.07) is 3.79. The van der Waals surface area contributed by atoms with Crippen molar-refractivity contribution in [1.82, 2.24) is 10.3 Å². The van der Waals surface area contributed by atoms with E-state index in [-0.39, 0.29) is 11.8 Å². The fourth-order valence-corrected chi connectivity index (χ4v) is 1.79. The van der Waals surface area contributed by atoms with Gasteiger partial charge in [0.15, 0.2) is 0 Å². The highest BCUT2D eigenvalue weighted by molar-refractivity contribution is 5.97. The molecular formula is C14H20N2O3. The molecule has 5 heteroatoms. The first-order valence-electron chi connectivity index (χ1n) is 6.30. The molecule has 1 aromatic rings. The minimum absolute atomic E-state index is 0.0918. The predicted molar refractivity (Wildman–Crippen MR) is 71.3 cm³/mol. The Morgan fingerprint density at radius 3 is 2.68 bits per heavy atom. The molecule has 1 heterocycles. The Labute approximate surface area is 113 Å². The summed E-state index contributed by atoms with van der Waals surface area (Å²) >= 11 is 0. The molecule has 1 rings (SSSR count). The predicted octanol–water partition coefficient (Wildman–Crippen LogP) is 1.19. The highest BCUT2D eigenvalue weighted by Crippen LogP contribution is 2.12. The van der Waals surface area contributed by atoms with E-state index in [0.29, 0.717) is 13.0 Å². The molecule has 0 saturated carbocycles. The average molecular weight is 264 g/mol. The number of carbonyl (C=O) groups excluding carboxylic acids is 2. The molecule has 1 aromatic heterocycles. The van der Waals surface area contributed by atoms with E-state index in [1.54, 1.807) is 12.4 Å². The molecule has 1 atom stereocenters.